The first-order valence-corrected chi connectivity index (χ1v) is 4.76. The number of carbonyl (C=O) groups excluding carboxylic acids is 1. The molecule has 0 bridgehead atoms. The number of nitriles is 2. The summed E-state index contributed by atoms with van der Waals surface area (Å²) in [7, 11) is 0. The molecule has 1 saturated heterocycles. The summed E-state index contributed by atoms with van der Waals surface area (Å²) in [6.45, 7) is 1.99. The van der Waals surface area contributed by atoms with E-state index in [4.69, 9.17) is 10.5 Å². The average Bonchev–Trinajstić information content (AvgIpc) is 2.18. The molecule has 1 N–H and O–H groups in total. The second-order valence-electron chi connectivity index (χ2n) is 3.32. The van der Waals surface area contributed by atoms with Crippen LogP contribution in [0.4, 0.5) is 0 Å². The van der Waals surface area contributed by atoms with Crippen LogP contribution in [0.5, 0.6) is 0 Å². The summed E-state index contributed by atoms with van der Waals surface area (Å²) < 4.78 is 0. The zero-order valence-corrected chi connectivity index (χ0v) is 11.4. The zero-order chi connectivity index (χ0) is 11.3. The third-order valence-electron chi connectivity index (χ3n) is 2.27. The molecule has 1 unspecified atom stereocenters. The SMILES string of the molecule is CCCC1CC(=O)NC(=NC#N)[C-]1C#N.[Na+]. The van der Waals surface area contributed by atoms with Crippen LogP contribution >= 0.6 is 0 Å². The van der Waals surface area contributed by atoms with E-state index in [1.807, 2.05) is 13.0 Å². The summed E-state index contributed by atoms with van der Waals surface area (Å²) in [5.41, 5.74) is 0. The van der Waals surface area contributed by atoms with Gasteiger partial charge in [-0.05, 0) is 5.84 Å². The molecule has 0 radical (unpaired) electrons. The maximum atomic E-state index is 11.3. The first kappa shape index (κ1) is 15.0. The number of nitrogens with zero attached hydrogens (tertiary/aromatic N) is 3. The fourth-order valence-electron chi connectivity index (χ4n) is 1.65. The van der Waals surface area contributed by atoms with Gasteiger partial charge in [-0.25, -0.2) is 11.2 Å². The monoisotopic (exact) mass is 226 g/mol. The van der Waals surface area contributed by atoms with Gasteiger partial charge in [0.05, 0.1) is 0 Å². The molecular formula is C10H11N4NaO. The van der Waals surface area contributed by atoms with Crippen molar-refractivity contribution in [1.29, 1.82) is 10.5 Å². The third kappa shape index (κ3) is 3.53. The minimum absolute atomic E-state index is 0. The Labute approximate surface area is 117 Å². The molecule has 16 heavy (non-hydrogen) atoms. The molecule has 0 aliphatic carbocycles. The number of aliphatic imine (C=N–C) groups is 1. The largest absolute Gasteiger partial charge is 1.00 e. The second kappa shape index (κ2) is 7.29. The van der Waals surface area contributed by atoms with Crippen LogP contribution < -0.4 is 34.9 Å². The number of hydrogen-bond donors (Lipinski definition) is 1. The number of rotatable bonds is 2. The van der Waals surface area contributed by atoms with Gasteiger partial charge in [0.2, 0.25) is 12.1 Å². The van der Waals surface area contributed by atoms with Crippen molar-refractivity contribution in [2.24, 2.45) is 10.9 Å². The molecule has 0 spiro atoms. The summed E-state index contributed by atoms with van der Waals surface area (Å²) in [5, 5.41) is 19.8. The topological polar surface area (TPSA) is 89.0 Å². The van der Waals surface area contributed by atoms with Gasteiger partial charge in [0.1, 0.15) is 0 Å². The van der Waals surface area contributed by atoms with Crippen LogP contribution in [0.1, 0.15) is 26.2 Å². The number of amidine groups is 1. The number of piperidine rings is 1. The predicted molar refractivity (Wildman–Crippen MR) is 53.1 cm³/mol. The summed E-state index contributed by atoms with van der Waals surface area (Å²) in [5.74, 6) is 0.259. The van der Waals surface area contributed by atoms with Crippen LogP contribution in [0.25, 0.3) is 0 Å². The van der Waals surface area contributed by atoms with E-state index in [1.165, 1.54) is 0 Å². The molecule has 1 amide bonds. The Hall–Kier alpha value is -1.01. The van der Waals surface area contributed by atoms with E-state index in [2.05, 4.69) is 10.3 Å². The Bertz CT molecular complexity index is 366. The molecule has 1 aliphatic heterocycles. The molecule has 1 aliphatic rings. The molecular weight excluding hydrogens is 215 g/mol. The average molecular weight is 226 g/mol. The Balaban J connectivity index is 0.00000225. The van der Waals surface area contributed by atoms with Crippen molar-refractivity contribution in [2.75, 3.05) is 0 Å². The molecule has 1 fully saturated rings. The summed E-state index contributed by atoms with van der Waals surface area (Å²) in [6, 6.07) is 2.01. The van der Waals surface area contributed by atoms with Crippen LogP contribution in [0.2, 0.25) is 0 Å². The molecule has 6 heteroatoms. The number of carbonyl (C=O) groups is 1. The molecule has 78 valence electrons. The fraction of sp³-hybridized carbons (Fsp3) is 0.500. The smallest absolute Gasteiger partial charge is 0.339 e. The molecule has 0 aromatic rings. The second-order valence-corrected chi connectivity index (χ2v) is 3.32. The van der Waals surface area contributed by atoms with Gasteiger partial charge < -0.3 is 5.32 Å². The van der Waals surface area contributed by atoms with Crippen molar-refractivity contribution in [1.82, 2.24) is 5.32 Å². The molecule has 5 nitrogen and oxygen atoms in total. The van der Waals surface area contributed by atoms with E-state index in [0.29, 0.717) is 12.3 Å². The van der Waals surface area contributed by atoms with Crippen molar-refractivity contribution in [2.45, 2.75) is 26.2 Å². The van der Waals surface area contributed by atoms with Crippen LogP contribution in [0, 0.1) is 34.6 Å². The normalized spacial score (nSPS) is 21.7. The Morgan fingerprint density at radius 2 is 2.31 bits per heavy atom. The Kier molecular flexibility index (Phi) is 6.83. The van der Waals surface area contributed by atoms with E-state index in [0.717, 1.165) is 12.8 Å². The number of hydrogen-bond acceptors (Lipinski definition) is 4. The maximum Gasteiger partial charge on any atom is 1.00 e. The van der Waals surface area contributed by atoms with Crippen LogP contribution in [0.15, 0.2) is 4.99 Å². The Morgan fingerprint density at radius 3 is 2.81 bits per heavy atom. The van der Waals surface area contributed by atoms with Crippen molar-refractivity contribution in [3.63, 3.8) is 0 Å². The van der Waals surface area contributed by atoms with Gasteiger partial charge in [-0.3, -0.25) is 4.79 Å². The standard InChI is InChI=1S/C10H11N4O.Na/c1-2-3-7-4-9(15)14-10(13-6-12)8(7)5-11;/h7H,2-4H2,1H3,(H,13,14,15);/q-1;+1. The van der Waals surface area contributed by atoms with Crippen molar-refractivity contribution in [3.05, 3.63) is 5.92 Å². The van der Waals surface area contributed by atoms with Gasteiger partial charge in [-0.1, -0.05) is 25.8 Å². The van der Waals surface area contributed by atoms with Crippen molar-refractivity contribution < 1.29 is 34.4 Å². The fourth-order valence-corrected chi connectivity index (χ4v) is 1.65. The van der Waals surface area contributed by atoms with E-state index >= 15 is 0 Å². The summed E-state index contributed by atoms with van der Waals surface area (Å²) in [6.07, 6.45) is 3.55. The quantitative estimate of drug-likeness (QED) is 0.332. The first-order chi connectivity index (χ1) is 7.22. The molecule has 0 aromatic heterocycles. The molecule has 0 aromatic carbocycles. The third-order valence-corrected chi connectivity index (χ3v) is 2.27. The molecule has 1 heterocycles. The minimum atomic E-state index is -0.179. The van der Waals surface area contributed by atoms with Crippen LogP contribution in [0.3, 0.4) is 0 Å². The van der Waals surface area contributed by atoms with E-state index in [-0.39, 0.29) is 47.2 Å². The molecule has 0 saturated carbocycles. The van der Waals surface area contributed by atoms with Gasteiger partial charge in [0.15, 0.2) is 0 Å². The predicted octanol–water partition coefficient (Wildman–Crippen LogP) is -2.10. The number of nitrogens with one attached hydrogen (secondary N) is 1. The van der Waals surface area contributed by atoms with Crippen molar-refractivity contribution in [3.8, 4) is 12.3 Å². The van der Waals surface area contributed by atoms with Gasteiger partial charge >= 0.3 is 29.6 Å². The van der Waals surface area contributed by atoms with Crippen LogP contribution in [-0.2, 0) is 4.79 Å². The molecule has 1 rings (SSSR count). The first-order valence-electron chi connectivity index (χ1n) is 4.76. The minimum Gasteiger partial charge on any atom is -0.339 e. The summed E-state index contributed by atoms with van der Waals surface area (Å²) in [4.78, 5) is 14.7. The number of amides is 1. The van der Waals surface area contributed by atoms with Gasteiger partial charge in [-0.2, -0.15) is 10.3 Å². The van der Waals surface area contributed by atoms with E-state index in [1.54, 1.807) is 6.19 Å². The van der Waals surface area contributed by atoms with Crippen molar-refractivity contribution >= 4 is 11.7 Å². The van der Waals surface area contributed by atoms with E-state index < -0.39 is 0 Å². The zero-order valence-electron chi connectivity index (χ0n) is 9.45. The maximum absolute atomic E-state index is 11.3. The summed E-state index contributed by atoms with van der Waals surface area (Å²) >= 11 is 0. The van der Waals surface area contributed by atoms with E-state index in [9.17, 15) is 4.79 Å². The Morgan fingerprint density at radius 1 is 1.62 bits per heavy atom. The van der Waals surface area contributed by atoms with Crippen LogP contribution in [-0.4, -0.2) is 11.7 Å². The molecule has 1 atom stereocenters. The van der Waals surface area contributed by atoms with Gasteiger partial charge in [0, 0.05) is 6.42 Å². The van der Waals surface area contributed by atoms with Gasteiger partial charge in [0.25, 0.3) is 0 Å². The van der Waals surface area contributed by atoms with Gasteiger partial charge in [-0.15, -0.1) is 5.92 Å².